The molecule has 0 saturated heterocycles. The van der Waals surface area contributed by atoms with Gasteiger partial charge < -0.3 is 4.57 Å². The van der Waals surface area contributed by atoms with Crippen LogP contribution in [0, 0.1) is 35.8 Å². The molecular weight excluding hydrogens is 707 g/mol. The minimum atomic E-state index is -0.468. The Morgan fingerprint density at radius 3 is 1.34 bits per heavy atom. The number of carbonyl (C=O) groups is 4. The molecule has 7 aromatic rings. The first-order valence-corrected chi connectivity index (χ1v) is 17.8. The molecule has 5 heterocycles. The van der Waals surface area contributed by atoms with E-state index in [0.29, 0.717) is 0 Å². The number of aryl methyl sites for hydroxylation is 1. The average Bonchev–Trinajstić information content (AvgIpc) is 3.96. The Morgan fingerprint density at radius 1 is 0.600 bits per heavy atom. The third-order valence-electron chi connectivity index (χ3n) is 8.88. The standard InChI is InChI=1S/C37H11N5O4S4/c1-40-24-10-20-21(11-25(24)41-2)33(46)23(32(20)45)7-17-9-27-35(48-17)29-37(50-27)36-28(42(29)3)34-26(49-36)8-16(47-34)6-22-30(43)18-4-14(12-38)15(13-39)5-19(18)31(22)44/h4-11H,3H3. The quantitative estimate of drug-likeness (QED) is 0.0995. The Labute approximate surface area is 296 Å². The average molecular weight is 718 g/mol. The number of ketones is 4. The lowest BCUT2D eigenvalue weighted by Gasteiger charge is -1.98. The second-order valence-electron chi connectivity index (χ2n) is 11.5. The molecule has 2 aromatic carbocycles. The maximum absolute atomic E-state index is 13.2. The fourth-order valence-electron chi connectivity index (χ4n) is 6.59. The summed E-state index contributed by atoms with van der Waals surface area (Å²) in [7, 11) is 1.99. The number of hydrogen-bond acceptors (Lipinski definition) is 10. The SMILES string of the molecule is [C-]#[N+]c1cc2c(cc1[N+]#[C-])C(=O)C(=Cc1cc3sc4c5sc6cc(C=C7C(=O)c8cc(C#N)c(C#N)cc8C7=O)sc6c5n(C)c4c3s1)C2=O. The summed E-state index contributed by atoms with van der Waals surface area (Å²) in [5.41, 5.74) is 2.82. The van der Waals surface area contributed by atoms with Crippen LogP contribution in [0.25, 0.3) is 61.1 Å². The van der Waals surface area contributed by atoms with Crippen molar-refractivity contribution >= 4 is 131 Å². The number of Topliss-reactive ketones (excluding diaryl/α,β-unsaturated/α-hetero) is 4. The van der Waals surface area contributed by atoms with Crippen molar-refractivity contribution in [3.63, 3.8) is 0 Å². The van der Waals surface area contributed by atoms with Gasteiger partial charge in [-0.2, -0.15) is 10.5 Å². The molecule has 0 radical (unpaired) electrons. The van der Waals surface area contributed by atoms with Crippen LogP contribution in [0.2, 0.25) is 0 Å². The molecule has 0 spiro atoms. The third kappa shape index (κ3) is 3.86. The Hall–Kier alpha value is -6.32. The van der Waals surface area contributed by atoms with Gasteiger partial charge in [0, 0.05) is 48.5 Å². The number of benzene rings is 2. The van der Waals surface area contributed by atoms with Gasteiger partial charge in [0.05, 0.1) is 65.3 Å². The van der Waals surface area contributed by atoms with E-state index >= 15 is 0 Å². The highest BCUT2D eigenvalue weighted by atomic mass is 32.1. The number of rotatable bonds is 2. The van der Waals surface area contributed by atoms with E-state index in [2.05, 4.69) is 14.3 Å². The second-order valence-corrected chi connectivity index (χ2v) is 15.8. The molecule has 0 atom stereocenters. The molecule has 2 aliphatic rings. The van der Waals surface area contributed by atoms with Crippen LogP contribution in [0.4, 0.5) is 11.4 Å². The van der Waals surface area contributed by atoms with E-state index in [1.165, 1.54) is 46.9 Å². The van der Waals surface area contributed by atoms with Gasteiger partial charge in [-0.1, -0.05) is 12.1 Å². The normalized spacial score (nSPS) is 13.7. The van der Waals surface area contributed by atoms with Crippen molar-refractivity contribution in [1.82, 2.24) is 4.57 Å². The summed E-state index contributed by atoms with van der Waals surface area (Å²) < 4.78 is 8.44. The van der Waals surface area contributed by atoms with Crippen molar-refractivity contribution in [2.24, 2.45) is 7.05 Å². The summed E-state index contributed by atoms with van der Waals surface area (Å²) in [5.74, 6) is -1.85. The second kappa shape index (κ2) is 10.3. The van der Waals surface area contributed by atoms with Gasteiger partial charge in [0.25, 0.3) is 0 Å². The van der Waals surface area contributed by atoms with E-state index in [0.717, 1.165) is 49.0 Å². The van der Waals surface area contributed by atoms with Crippen molar-refractivity contribution in [1.29, 1.82) is 10.5 Å². The highest BCUT2D eigenvalue weighted by molar-refractivity contribution is 7.38. The van der Waals surface area contributed by atoms with E-state index < -0.39 is 23.1 Å². The molecule has 0 N–H and O–H groups in total. The molecule has 0 saturated carbocycles. The lowest BCUT2D eigenvalue weighted by atomic mass is 10.0. The molecular formula is C37H11N5O4S4. The molecule has 13 heteroatoms. The van der Waals surface area contributed by atoms with Crippen LogP contribution in [0.15, 0.2) is 47.5 Å². The highest BCUT2D eigenvalue weighted by Crippen LogP contribution is 2.51. The van der Waals surface area contributed by atoms with E-state index in [1.54, 1.807) is 34.8 Å². The number of allylic oxidation sites excluding steroid dienone is 2. The summed E-state index contributed by atoms with van der Waals surface area (Å²) in [6, 6.07) is 13.1. The number of nitrogens with zero attached hydrogens (tertiary/aromatic N) is 5. The molecule has 50 heavy (non-hydrogen) atoms. The maximum atomic E-state index is 13.2. The van der Waals surface area contributed by atoms with Gasteiger partial charge in [0.15, 0.2) is 34.5 Å². The number of hydrogen-bond donors (Lipinski definition) is 0. The number of nitriles is 2. The van der Waals surface area contributed by atoms with E-state index in [9.17, 15) is 29.7 Å². The molecule has 0 fully saturated rings. The van der Waals surface area contributed by atoms with Crippen molar-refractivity contribution in [2.45, 2.75) is 0 Å². The van der Waals surface area contributed by atoms with Crippen LogP contribution in [0.5, 0.6) is 0 Å². The van der Waals surface area contributed by atoms with Crippen LogP contribution in [-0.2, 0) is 7.05 Å². The first-order valence-electron chi connectivity index (χ1n) is 14.6. The topological polar surface area (TPSA) is 130 Å². The molecule has 2 aliphatic carbocycles. The fourth-order valence-corrected chi connectivity index (χ4v) is 12.0. The molecule has 0 amide bonds. The summed E-state index contributed by atoms with van der Waals surface area (Å²) in [6.45, 7) is 14.7. The lowest BCUT2D eigenvalue weighted by Crippen LogP contribution is -1.99. The van der Waals surface area contributed by atoms with Crippen LogP contribution in [-0.4, -0.2) is 27.7 Å². The van der Waals surface area contributed by atoms with Gasteiger partial charge in [0.1, 0.15) is 12.1 Å². The first kappa shape index (κ1) is 29.8. The van der Waals surface area contributed by atoms with Gasteiger partial charge in [-0.25, -0.2) is 0 Å². The van der Waals surface area contributed by atoms with Crippen molar-refractivity contribution in [3.05, 3.63) is 114 Å². The number of carbonyl (C=O) groups excluding carboxylic acids is 4. The predicted octanol–water partition coefficient (Wildman–Crippen LogP) is 9.65. The summed E-state index contributed by atoms with van der Waals surface area (Å²) in [5, 5.41) is 18.8. The molecule has 9 rings (SSSR count). The third-order valence-corrected chi connectivity index (χ3v) is 13.7. The first-order chi connectivity index (χ1) is 24.1. The Kier molecular flexibility index (Phi) is 6.16. The van der Waals surface area contributed by atoms with Crippen molar-refractivity contribution < 1.29 is 19.2 Å². The Balaban J connectivity index is 1.10. The Morgan fingerprint density at radius 2 is 0.980 bits per heavy atom. The zero-order valence-electron chi connectivity index (χ0n) is 25.1. The van der Waals surface area contributed by atoms with E-state index in [-0.39, 0.29) is 55.9 Å². The minimum Gasteiger partial charge on any atom is -0.340 e. The minimum absolute atomic E-state index is 0.0000794. The monoisotopic (exact) mass is 717 g/mol. The molecule has 0 unspecified atom stereocenters. The van der Waals surface area contributed by atoms with E-state index in [1.807, 2.05) is 31.3 Å². The summed E-state index contributed by atoms with van der Waals surface area (Å²) in [6.07, 6.45) is 3.18. The van der Waals surface area contributed by atoms with Gasteiger partial charge >= 0.3 is 0 Å². The smallest absolute Gasteiger partial charge is 0.197 e. The summed E-state index contributed by atoms with van der Waals surface area (Å²) >= 11 is 6.21. The zero-order chi connectivity index (χ0) is 34.7. The number of aromatic nitrogens is 1. The lowest BCUT2D eigenvalue weighted by molar-refractivity contribution is 0.0975. The number of fused-ring (bicyclic) bond motifs is 9. The van der Waals surface area contributed by atoms with Crippen molar-refractivity contribution in [2.75, 3.05) is 0 Å². The summed E-state index contributed by atoms with van der Waals surface area (Å²) in [4.78, 5) is 61.1. The zero-order valence-corrected chi connectivity index (χ0v) is 28.4. The molecule has 0 bridgehead atoms. The van der Waals surface area contributed by atoms with E-state index in [4.69, 9.17) is 13.1 Å². The fraction of sp³-hybridized carbons (Fsp3) is 0.0270. The molecule has 9 nitrogen and oxygen atoms in total. The Bertz CT molecular complexity index is 2810. The molecule has 0 aliphatic heterocycles. The van der Waals surface area contributed by atoms with Gasteiger partial charge in [-0.05, 0) is 36.4 Å². The predicted molar refractivity (Wildman–Crippen MR) is 195 cm³/mol. The molecule has 232 valence electrons. The van der Waals surface area contributed by atoms with Crippen molar-refractivity contribution in [3.8, 4) is 12.1 Å². The van der Waals surface area contributed by atoms with Crippen LogP contribution >= 0.6 is 45.3 Å². The molecule has 5 aromatic heterocycles. The largest absolute Gasteiger partial charge is 0.340 e. The highest BCUT2D eigenvalue weighted by Gasteiger charge is 2.36. The maximum Gasteiger partial charge on any atom is 0.197 e. The van der Waals surface area contributed by atoms with Crippen LogP contribution in [0.1, 0.15) is 62.3 Å². The van der Waals surface area contributed by atoms with Crippen LogP contribution < -0.4 is 0 Å². The van der Waals surface area contributed by atoms with Gasteiger partial charge in [-0.15, -0.1) is 45.3 Å². The van der Waals surface area contributed by atoms with Gasteiger partial charge in [-0.3, -0.25) is 28.9 Å². The van der Waals surface area contributed by atoms with Crippen LogP contribution in [0.3, 0.4) is 0 Å². The van der Waals surface area contributed by atoms with Gasteiger partial charge in [0.2, 0.25) is 0 Å². The number of thiophene rings is 4.